The Morgan fingerprint density at radius 2 is 2.10 bits per heavy atom. The minimum absolute atomic E-state index is 0.768. The summed E-state index contributed by atoms with van der Waals surface area (Å²) in [6.07, 6.45) is 3.39. The van der Waals surface area contributed by atoms with Crippen molar-refractivity contribution in [3.8, 4) is 0 Å². The van der Waals surface area contributed by atoms with Crippen LogP contribution in [-0.4, -0.2) is 18.8 Å². The molecular weight excluding hydrogens is 124 g/mol. The Morgan fingerprint density at radius 1 is 1.40 bits per heavy atom. The largest absolute Gasteiger partial charge is 0.316 e. The standard InChI is InChI=1S/C8H18N2/c1-3-4-6-10-7-5-8(2)9/h9-10H,3-7H2,1-2H3. The highest BCUT2D eigenvalue weighted by Gasteiger charge is 1.87. The lowest BCUT2D eigenvalue weighted by atomic mass is 10.3. The fourth-order valence-corrected chi connectivity index (χ4v) is 0.703. The molecule has 0 saturated carbocycles. The molecule has 10 heavy (non-hydrogen) atoms. The van der Waals surface area contributed by atoms with Crippen LogP contribution in [0.5, 0.6) is 0 Å². The number of rotatable bonds is 6. The predicted molar refractivity (Wildman–Crippen MR) is 45.8 cm³/mol. The maximum Gasteiger partial charge on any atom is 0.00708 e. The molecule has 0 aromatic carbocycles. The van der Waals surface area contributed by atoms with Crippen LogP contribution in [0.1, 0.15) is 33.1 Å². The van der Waals surface area contributed by atoms with Gasteiger partial charge in [0.2, 0.25) is 0 Å². The Morgan fingerprint density at radius 3 is 2.60 bits per heavy atom. The second kappa shape index (κ2) is 6.75. The summed E-state index contributed by atoms with van der Waals surface area (Å²) in [7, 11) is 0. The normalized spacial score (nSPS) is 9.80. The molecule has 0 saturated heterocycles. The zero-order chi connectivity index (χ0) is 7.82. The van der Waals surface area contributed by atoms with E-state index in [4.69, 9.17) is 5.41 Å². The molecule has 0 aromatic heterocycles. The summed E-state index contributed by atoms with van der Waals surface area (Å²) in [5.74, 6) is 0. The van der Waals surface area contributed by atoms with Crippen LogP contribution in [0.15, 0.2) is 0 Å². The van der Waals surface area contributed by atoms with Crippen molar-refractivity contribution in [1.29, 1.82) is 5.41 Å². The maximum absolute atomic E-state index is 7.13. The minimum atomic E-state index is 0.768. The van der Waals surface area contributed by atoms with E-state index in [2.05, 4.69) is 12.2 Å². The average Bonchev–Trinajstić information content (AvgIpc) is 1.87. The molecule has 0 aliphatic rings. The van der Waals surface area contributed by atoms with Crippen molar-refractivity contribution in [3.63, 3.8) is 0 Å². The van der Waals surface area contributed by atoms with E-state index in [0.29, 0.717) is 0 Å². The van der Waals surface area contributed by atoms with Gasteiger partial charge in [-0.2, -0.15) is 0 Å². The van der Waals surface area contributed by atoms with Crippen molar-refractivity contribution < 1.29 is 0 Å². The topological polar surface area (TPSA) is 35.9 Å². The van der Waals surface area contributed by atoms with Gasteiger partial charge in [-0.25, -0.2) is 0 Å². The van der Waals surface area contributed by atoms with E-state index < -0.39 is 0 Å². The van der Waals surface area contributed by atoms with Gasteiger partial charge in [-0.3, -0.25) is 0 Å². The first-order chi connectivity index (χ1) is 4.77. The zero-order valence-electron chi connectivity index (χ0n) is 7.04. The molecule has 0 atom stereocenters. The molecule has 0 aliphatic carbocycles. The van der Waals surface area contributed by atoms with Crippen LogP contribution in [0.3, 0.4) is 0 Å². The molecule has 0 rings (SSSR count). The SMILES string of the molecule is CCCCNCCC(C)=N. The van der Waals surface area contributed by atoms with Crippen LogP contribution >= 0.6 is 0 Å². The average molecular weight is 142 g/mol. The molecule has 2 heteroatoms. The Kier molecular flexibility index (Phi) is 6.50. The summed E-state index contributed by atoms with van der Waals surface area (Å²) in [6, 6.07) is 0. The van der Waals surface area contributed by atoms with E-state index >= 15 is 0 Å². The maximum atomic E-state index is 7.13. The van der Waals surface area contributed by atoms with E-state index in [9.17, 15) is 0 Å². The highest BCUT2D eigenvalue weighted by atomic mass is 14.8. The zero-order valence-corrected chi connectivity index (χ0v) is 7.04. The van der Waals surface area contributed by atoms with E-state index in [-0.39, 0.29) is 0 Å². The van der Waals surface area contributed by atoms with Crippen molar-refractivity contribution >= 4 is 5.71 Å². The van der Waals surface area contributed by atoms with Crippen molar-refractivity contribution in [2.45, 2.75) is 33.1 Å². The van der Waals surface area contributed by atoms with Crippen molar-refractivity contribution in [3.05, 3.63) is 0 Å². The van der Waals surface area contributed by atoms with Gasteiger partial charge < -0.3 is 10.7 Å². The number of hydrogen-bond acceptors (Lipinski definition) is 2. The van der Waals surface area contributed by atoms with Crippen molar-refractivity contribution in [1.82, 2.24) is 5.32 Å². The lowest BCUT2D eigenvalue weighted by Crippen LogP contribution is -2.18. The van der Waals surface area contributed by atoms with Gasteiger partial charge in [0.05, 0.1) is 0 Å². The van der Waals surface area contributed by atoms with Crippen LogP contribution in [-0.2, 0) is 0 Å². The van der Waals surface area contributed by atoms with Gasteiger partial charge in [0.15, 0.2) is 0 Å². The predicted octanol–water partition coefficient (Wildman–Crippen LogP) is 1.81. The molecule has 0 radical (unpaired) electrons. The number of nitrogens with one attached hydrogen (secondary N) is 2. The first-order valence-electron chi connectivity index (χ1n) is 4.02. The highest BCUT2D eigenvalue weighted by Crippen LogP contribution is 1.83. The van der Waals surface area contributed by atoms with Crippen molar-refractivity contribution in [2.75, 3.05) is 13.1 Å². The molecule has 0 spiro atoms. The summed E-state index contributed by atoms with van der Waals surface area (Å²) >= 11 is 0. The van der Waals surface area contributed by atoms with Gasteiger partial charge in [-0.15, -0.1) is 0 Å². The van der Waals surface area contributed by atoms with Gasteiger partial charge in [0.25, 0.3) is 0 Å². The lowest BCUT2D eigenvalue weighted by Gasteiger charge is -2.00. The minimum Gasteiger partial charge on any atom is -0.316 e. The second-order valence-corrected chi connectivity index (χ2v) is 2.63. The summed E-state index contributed by atoms with van der Waals surface area (Å²) in [5, 5.41) is 10.4. The van der Waals surface area contributed by atoms with Crippen molar-refractivity contribution in [2.24, 2.45) is 0 Å². The molecule has 2 N–H and O–H groups in total. The molecule has 0 aliphatic heterocycles. The first kappa shape index (κ1) is 9.63. The van der Waals surface area contributed by atoms with Gasteiger partial charge in [-0.05, 0) is 26.3 Å². The Hall–Kier alpha value is -0.370. The third-order valence-electron chi connectivity index (χ3n) is 1.38. The molecule has 0 fully saturated rings. The van der Waals surface area contributed by atoms with E-state index in [1.165, 1.54) is 12.8 Å². The van der Waals surface area contributed by atoms with Gasteiger partial charge in [0, 0.05) is 12.3 Å². The quantitative estimate of drug-likeness (QED) is 0.430. The van der Waals surface area contributed by atoms with Crippen LogP contribution < -0.4 is 5.32 Å². The van der Waals surface area contributed by atoms with E-state index in [0.717, 1.165) is 25.2 Å². The summed E-state index contributed by atoms with van der Waals surface area (Å²) in [4.78, 5) is 0. The number of hydrogen-bond donors (Lipinski definition) is 2. The molecule has 0 heterocycles. The van der Waals surface area contributed by atoms with Crippen LogP contribution in [0.2, 0.25) is 0 Å². The van der Waals surface area contributed by atoms with Crippen LogP contribution in [0, 0.1) is 5.41 Å². The Balaban J connectivity index is 2.84. The Bertz CT molecular complexity index is 89.3. The molecule has 0 amide bonds. The molecule has 0 aromatic rings. The van der Waals surface area contributed by atoms with E-state index in [1.807, 2.05) is 6.92 Å². The van der Waals surface area contributed by atoms with Gasteiger partial charge >= 0.3 is 0 Å². The fraction of sp³-hybridized carbons (Fsp3) is 0.875. The summed E-state index contributed by atoms with van der Waals surface area (Å²) in [5.41, 5.74) is 0.768. The highest BCUT2D eigenvalue weighted by molar-refractivity contribution is 5.78. The van der Waals surface area contributed by atoms with Crippen LogP contribution in [0.25, 0.3) is 0 Å². The molecule has 2 nitrogen and oxygen atoms in total. The monoisotopic (exact) mass is 142 g/mol. The second-order valence-electron chi connectivity index (χ2n) is 2.63. The fourth-order valence-electron chi connectivity index (χ4n) is 0.703. The number of unbranched alkanes of at least 4 members (excludes halogenated alkanes) is 1. The van der Waals surface area contributed by atoms with Crippen LogP contribution in [0.4, 0.5) is 0 Å². The molecule has 0 unspecified atom stereocenters. The van der Waals surface area contributed by atoms with Gasteiger partial charge in [0.1, 0.15) is 0 Å². The summed E-state index contributed by atoms with van der Waals surface area (Å²) < 4.78 is 0. The lowest BCUT2D eigenvalue weighted by molar-refractivity contribution is 0.650. The molecular formula is C8H18N2. The molecule has 0 bridgehead atoms. The first-order valence-corrected chi connectivity index (χ1v) is 4.02. The molecule has 60 valence electrons. The smallest absolute Gasteiger partial charge is 0.00708 e. The van der Waals surface area contributed by atoms with E-state index in [1.54, 1.807) is 0 Å². The summed E-state index contributed by atoms with van der Waals surface area (Å²) in [6.45, 7) is 6.10. The van der Waals surface area contributed by atoms with Gasteiger partial charge in [-0.1, -0.05) is 13.3 Å². The Labute approximate surface area is 63.5 Å². The third-order valence-corrected chi connectivity index (χ3v) is 1.38. The third kappa shape index (κ3) is 7.63.